The number of fused-ring (bicyclic) bond motifs is 1. The Labute approximate surface area is 107 Å². The number of ether oxygens (including phenoxy) is 1. The maximum atomic E-state index is 12.2. The molecule has 1 unspecified atom stereocenters. The van der Waals surface area contributed by atoms with Crippen LogP contribution in [-0.2, 0) is 16.0 Å². The molecule has 1 aromatic rings. The summed E-state index contributed by atoms with van der Waals surface area (Å²) in [6, 6.07) is 5.82. The van der Waals surface area contributed by atoms with E-state index in [1.807, 2.05) is 32.0 Å². The third kappa shape index (κ3) is 2.51. The van der Waals surface area contributed by atoms with Gasteiger partial charge < -0.3 is 4.74 Å². The minimum absolute atomic E-state index is 0.00213. The summed E-state index contributed by atoms with van der Waals surface area (Å²) in [5.74, 6) is -0.500. The van der Waals surface area contributed by atoms with Crippen LogP contribution in [0.3, 0.4) is 0 Å². The van der Waals surface area contributed by atoms with Crippen LogP contribution in [0.2, 0.25) is 0 Å². The van der Waals surface area contributed by atoms with Crippen LogP contribution in [-0.4, -0.2) is 24.8 Å². The number of Topliss-reactive ketones (excluding diaryl/α,β-unsaturated/α-hetero) is 2. The topological polar surface area (TPSA) is 43.4 Å². The van der Waals surface area contributed by atoms with Gasteiger partial charge in [-0.05, 0) is 31.9 Å². The average molecular weight is 246 g/mol. The highest BCUT2D eigenvalue weighted by Crippen LogP contribution is 2.28. The standard InChI is InChI=1S/C15H18O3/c1-3-18-7-6-14(16)13-9-11-5-4-10(2)8-12(11)15(13)17/h4-5,8,13H,3,6-7,9H2,1-2H3. The van der Waals surface area contributed by atoms with Crippen LogP contribution in [0.25, 0.3) is 0 Å². The lowest BCUT2D eigenvalue weighted by atomic mass is 9.97. The first-order valence-electron chi connectivity index (χ1n) is 6.37. The highest BCUT2D eigenvalue weighted by molar-refractivity contribution is 6.14. The molecule has 1 aromatic carbocycles. The lowest BCUT2D eigenvalue weighted by Gasteiger charge is -2.06. The van der Waals surface area contributed by atoms with E-state index in [0.717, 1.165) is 16.7 Å². The monoisotopic (exact) mass is 246 g/mol. The van der Waals surface area contributed by atoms with Crippen LogP contribution in [0.1, 0.15) is 34.8 Å². The van der Waals surface area contributed by atoms with Gasteiger partial charge in [0.15, 0.2) is 5.78 Å². The Morgan fingerprint density at radius 2 is 2.22 bits per heavy atom. The predicted octanol–water partition coefficient (Wildman–Crippen LogP) is 2.35. The molecule has 1 aliphatic rings. The van der Waals surface area contributed by atoms with Crippen molar-refractivity contribution in [1.82, 2.24) is 0 Å². The fourth-order valence-electron chi connectivity index (χ4n) is 2.35. The van der Waals surface area contributed by atoms with Gasteiger partial charge in [0.25, 0.3) is 0 Å². The molecule has 3 nitrogen and oxygen atoms in total. The van der Waals surface area contributed by atoms with Gasteiger partial charge in [0, 0.05) is 18.6 Å². The second-order valence-corrected chi connectivity index (χ2v) is 4.69. The molecule has 1 atom stereocenters. The number of rotatable bonds is 5. The molecule has 0 spiro atoms. The average Bonchev–Trinajstić information content (AvgIpc) is 2.67. The SMILES string of the molecule is CCOCCC(=O)C1Cc2ccc(C)cc2C1=O. The molecule has 1 aliphatic carbocycles. The third-order valence-corrected chi connectivity index (χ3v) is 3.36. The lowest BCUT2D eigenvalue weighted by molar-refractivity contribution is -0.122. The first-order chi connectivity index (χ1) is 8.63. The van der Waals surface area contributed by atoms with Gasteiger partial charge in [0.2, 0.25) is 0 Å². The molecule has 0 amide bonds. The highest BCUT2D eigenvalue weighted by Gasteiger charge is 2.34. The third-order valence-electron chi connectivity index (χ3n) is 3.36. The Bertz CT molecular complexity index is 477. The molecule has 96 valence electrons. The van der Waals surface area contributed by atoms with Crippen molar-refractivity contribution in [3.8, 4) is 0 Å². The van der Waals surface area contributed by atoms with E-state index in [-0.39, 0.29) is 11.6 Å². The van der Waals surface area contributed by atoms with Crippen molar-refractivity contribution in [2.24, 2.45) is 5.92 Å². The zero-order valence-electron chi connectivity index (χ0n) is 10.9. The first-order valence-corrected chi connectivity index (χ1v) is 6.37. The highest BCUT2D eigenvalue weighted by atomic mass is 16.5. The molecule has 2 rings (SSSR count). The summed E-state index contributed by atoms with van der Waals surface area (Å²) in [7, 11) is 0. The molecule has 0 heterocycles. The fourth-order valence-corrected chi connectivity index (χ4v) is 2.35. The Kier molecular flexibility index (Phi) is 3.92. The van der Waals surface area contributed by atoms with E-state index in [1.54, 1.807) is 0 Å². The van der Waals surface area contributed by atoms with Crippen molar-refractivity contribution < 1.29 is 14.3 Å². The Balaban J connectivity index is 2.07. The summed E-state index contributed by atoms with van der Waals surface area (Å²) in [4.78, 5) is 24.1. The van der Waals surface area contributed by atoms with Crippen molar-refractivity contribution in [2.75, 3.05) is 13.2 Å². The quantitative estimate of drug-likeness (QED) is 0.591. The minimum Gasteiger partial charge on any atom is -0.381 e. The first kappa shape index (κ1) is 13.0. The minimum atomic E-state index is -0.484. The van der Waals surface area contributed by atoms with E-state index >= 15 is 0 Å². The molecule has 0 saturated carbocycles. The molecular formula is C15H18O3. The summed E-state index contributed by atoms with van der Waals surface area (Å²) in [5.41, 5.74) is 2.79. The van der Waals surface area contributed by atoms with Gasteiger partial charge in [0.1, 0.15) is 5.78 Å². The molecule has 0 saturated heterocycles. The van der Waals surface area contributed by atoms with Gasteiger partial charge in [-0.25, -0.2) is 0 Å². The van der Waals surface area contributed by atoms with Crippen molar-refractivity contribution in [2.45, 2.75) is 26.7 Å². The smallest absolute Gasteiger partial charge is 0.173 e. The summed E-state index contributed by atoms with van der Waals surface area (Å²) in [6.07, 6.45) is 0.886. The second kappa shape index (κ2) is 5.44. The van der Waals surface area contributed by atoms with E-state index in [0.29, 0.717) is 26.1 Å². The number of hydrogen-bond acceptors (Lipinski definition) is 3. The summed E-state index contributed by atoms with van der Waals surface area (Å²) in [5, 5.41) is 0. The maximum absolute atomic E-state index is 12.2. The van der Waals surface area contributed by atoms with Crippen molar-refractivity contribution in [1.29, 1.82) is 0 Å². The van der Waals surface area contributed by atoms with Crippen LogP contribution in [0.15, 0.2) is 18.2 Å². The fraction of sp³-hybridized carbons (Fsp3) is 0.467. The van der Waals surface area contributed by atoms with E-state index in [4.69, 9.17) is 4.74 Å². The Hall–Kier alpha value is -1.48. The van der Waals surface area contributed by atoms with Gasteiger partial charge in [0.05, 0.1) is 12.5 Å². The summed E-state index contributed by atoms with van der Waals surface area (Å²) >= 11 is 0. The van der Waals surface area contributed by atoms with Crippen molar-refractivity contribution >= 4 is 11.6 Å². The summed E-state index contributed by atoms with van der Waals surface area (Å²) < 4.78 is 5.16. The zero-order valence-corrected chi connectivity index (χ0v) is 10.9. The molecule has 18 heavy (non-hydrogen) atoms. The Morgan fingerprint density at radius 3 is 2.94 bits per heavy atom. The van der Waals surface area contributed by atoms with Gasteiger partial charge >= 0.3 is 0 Å². The van der Waals surface area contributed by atoms with Crippen LogP contribution >= 0.6 is 0 Å². The van der Waals surface area contributed by atoms with Gasteiger partial charge in [-0.2, -0.15) is 0 Å². The van der Waals surface area contributed by atoms with Crippen LogP contribution < -0.4 is 0 Å². The molecule has 0 N–H and O–H groups in total. The predicted molar refractivity (Wildman–Crippen MR) is 68.8 cm³/mol. The number of ketones is 2. The van der Waals surface area contributed by atoms with Crippen LogP contribution in [0, 0.1) is 12.8 Å². The van der Waals surface area contributed by atoms with Gasteiger partial charge in [-0.3, -0.25) is 9.59 Å². The van der Waals surface area contributed by atoms with E-state index < -0.39 is 5.92 Å². The van der Waals surface area contributed by atoms with Crippen molar-refractivity contribution in [3.63, 3.8) is 0 Å². The largest absolute Gasteiger partial charge is 0.381 e. The number of aryl methyl sites for hydroxylation is 1. The molecule has 0 bridgehead atoms. The van der Waals surface area contributed by atoms with Crippen molar-refractivity contribution in [3.05, 3.63) is 34.9 Å². The number of hydrogen-bond donors (Lipinski definition) is 0. The van der Waals surface area contributed by atoms with Gasteiger partial charge in [-0.15, -0.1) is 0 Å². The van der Waals surface area contributed by atoms with E-state index in [2.05, 4.69) is 0 Å². The Morgan fingerprint density at radius 1 is 1.44 bits per heavy atom. The second-order valence-electron chi connectivity index (χ2n) is 4.69. The number of benzene rings is 1. The zero-order chi connectivity index (χ0) is 13.1. The van der Waals surface area contributed by atoms with E-state index in [9.17, 15) is 9.59 Å². The lowest BCUT2D eigenvalue weighted by Crippen LogP contribution is -2.22. The molecular weight excluding hydrogens is 228 g/mol. The van der Waals surface area contributed by atoms with Crippen LogP contribution in [0.5, 0.6) is 0 Å². The maximum Gasteiger partial charge on any atom is 0.173 e. The normalized spacial score (nSPS) is 17.9. The molecule has 0 radical (unpaired) electrons. The molecule has 0 fully saturated rings. The molecule has 0 aliphatic heterocycles. The number of carbonyl (C=O) groups is 2. The number of carbonyl (C=O) groups excluding carboxylic acids is 2. The summed E-state index contributed by atoms with van der Waals surface area (Å²) in [6.45, 7) is 4.86. The van der Waals surface area contributed by atoms with E-state index in [1.165, 1.54) is 0 Å². The molecule has 3 heteroatoms. The van der Waals surface area contributed by atoms with Crippen LogP contribution in [0.4, 0.5) is 0 Å². The van der Waals surface area contributed by atoms with Gasteiger partial charge in [-0.1, -0.05) is 17.7 Å². The molecule has 0 aromatic heterocycles.